The fourth-order valence-electron chi connectivity index (χ4n) is 5.89. The van der Waals surface area contributed by atoms with E-state index in [1.54, 1.807) is 0 Å². The Morgan fingerprint density at radius 2 is 1.78 bits per heavy atom. The van der Waals surface area contributed by atoms with E-state index in [1.807, 2.05) is 47.6 Å². The maximum Gasteiger partial charge on any atom is 0.338 e. The summed E-state index contributed by atoms with van der Waals surface area (Å²) in [6.07, 6.45) is 6.99. The molecule has 36 heavy (non-hydrogen) atoms. The zero-order valence-electron chi connectivity index (χ0n) is 21.3. The third-order valence-electron chi connectivity index (χ3n) is 7.80. The SMILES string of the molecule is CCC1=C(C(=O)OC)[C@H](c2ccccc2)N2C(CC(=O)N3CCC(N4CCCCC4)CC3)=CSC2=N1. The van der Waals surface area contributed by atoms with Crippen molar-refractivity contribution in [3.8, 4) is 0 Å². The van der Waals surface area contributed by atoms with Crippen LogP contribution >= 0.6 is 11.8 Å². The molecule has 5 rings (SSSR count). The van der Waals surface area contributed by atoms with Gasteiger partial charge in [0.25, 0.3) is 0 Å². The number of fused-ring (bicyclic) bond motifs is 1. The molecule has 1 atom stereocenters. The van der Waals surface area contributed by atoms with Crippen LogP contribution in [0.4, 0.5) is 0 Å². The number of piperidine rings is 2. The summed E-state index contributed by atoms with van der Waals surface area (Å²) in [5.74, 6) is -0.220. The summed E-state index contributed by atoms with van der Waals surface area (Å²) in [5.41, 5.74) is 3.18. The van der Waals surface area contributed by atoms with Gasteiger partial charge in [0, 0.05) is 24.8 Å². The van der Waals surface area contributed by atoms with E-state index >= 15 is 0 Å². The number of aliphatic imine (C=N–C) groups is 1. The molecule has 4 heterocycles. The van der Waals surface area contributed by atoms with E-state index in [4.69, 9.17) is 9.73 Å². The Morgan fingerprint density at radius 1 is 1.06 bits per heavy atom. The third kappa shape index (κ3) is 4.98. The number of rotatable bonds is 6. The Labute approximate surface area is 218 Å². The summed E-state index contributed by atoms with van der Waals surface area (Å²) in [6.45, 7) is 6.05. The Kier molecular flexibility index (Phi) is 7.82. The Hall–Kier alpha value is -2.58. The van der Waals surface area contributed by atoms with Crippen LogP contribution in [-0.2, 0) is 14.3 Å². The lowest BCUT2D eigenvalue weighted by atomic mass is 9.93. The number of benzene rings is 1. The molecule has 1 aromatic rings. The first-order valence-electron chi connectivity index (χ1n) is 13.2. The molecular weight excluding hydrogens is 472 g/mol. The molecule has 0 radical (unpaired) electrons. The van der Waals surface area contributed by atoms with Gasteiger partial charge in [-0.15, -0.1) is 0 Å². The number of esters is 1. The smallest absolute Gasteiger partial charge is 0.338 e. The quantitative estimate of drug-likeness (QED) is 0.520. The molecule has 8 heteroatoms. The lowest BCUT2D eigenvalue weighted by Gasteiger charge is -2.40. The van der Waals surface area contributed by atoms with Crippen molar-refractivity contribution < 1.29 is 14.3 Å². The number of ether oxygens (including phenoxy) is 1. The van der Waals surface area contributed by atoms with Crippen molar-refractivity contribution in [3.05, 3.63) is 58.3 Å². The summed E-state index contributed by atoms with van der Waals surface area (Å²) in [7, 11) is 1.41. The molecule has 4 aliphatic rings. The van der Waals surface area contributed by atoms with Gasteiger partial charge in [0.1, 0.15) is 0 Å². The second-order valence-corrected chi connectivity index (χ2v) is 10.7. The molecular formula is C28H36N4O3S. The molecule has 0 unspecified atom stereocenters. The second-order valence-electron chi connectivity index (χ2n) is 9.90. The first-order chi connectivity index (χ1) is 17.6. The van der Waals surface area contributed by atoms with Crippen LogP contribution in [0.2, 0.25) is 0 Å². The van der Waals surface area contributed by atoms with E-state index in [0.717, 1.165) is 48.1 Å². The highest BCUT2D eigenvalue weighted by Gasteiger charge is 2.42. The number of hydrogen-bond acceptors (Lipinski definition) is 7. The number of amidine groups is 1. The van der Waals surface area contributed by atoms with Crippen LogP contribution in [0.25, 0.3) is 0 Å². The summed E-state index contributed by atoms with van der Waals surface area (Å²) in [4.78, 5) is 38.0. The van der Waals surface area contributed by atoms with Crippen molar-refractivity contribution in [2.24, 2.45) is 4.99 Å². The van der Waals surface area contributed by atoms with Gasteiger partial charge in [-0.1, -0.05) is 55.4 Å². The average Bonchev–Trinajstić information content (AvgIpc) is 3.34. The minimum Gasteiger partial charge on any atom is -0.466 e. The van der Waals surface area contributed by atoms with Crippen LogP contribution in [0.1, 0.15) is 63.5 Å². The van der Waals surface area contributed by atoms with E-state index in [0.29, 0.717) is 24.5 Å². The van der Waals surface area contributed by atoms with Crippen LogP contribution < -0.4 is 0 Å². The van der Waals surface area contributed by atoms with Crippen molar-refractivity contribution >= 4 is 28.8 Å². The number of allylic oxidation sites excluding steroid dienone is 1. The van der Waals surface area contributed by atoms with Gasteiger partial charge in [-0.25, -0.2) is 9.79 Å². The lowest BCUT2D eigenvalue weighted by Crippen LogP contribution is -2.48. The van der Waals surface area contributed by atoms with E-state index in [1.165, 1.54) is 51.2 Å². The first kappa shape index (κ1) is 25.1. The molecule has 0 aliphatic carbocycles. The second kappa shape index (κ2) is 11.2. The maximum atomic E-state index is 13.4. The number of amides is 1. The highest BCUT2D eigenvalue weighted by atomic mass is 32.2. The molecule has 1 amide bonds. The zero-order valence-corrected chi connectivity index (χ0v) is 22.1. The minimum absolute atomic E-state index is 0.150. The van der Waals surface area contributed by atoms with Crippen molar-refractivity contribution in [2.75, 3.05) is 33.3 Å². The van der Waals surface area contributed by atoms with Gasteiger partial charge in [-0.2, -0.15) is 0 Å². The predicted octanol–water partition coefficient (Wildman–Crippen LogP) is 4.69. The normalized spacial score (nSPS) is 23.3. The van der Waals surface area contributed by atoms with E-state index < -0.39 is 0 Å². The molecule has 0 aromatic heterocycles. The van der Waals surface area contributed by atoms with Crippen molar-refractivity contribution in [2.45, 2.75) is 64.0 Å². The van der Waals surface area contributed by atoms with Crippen molar-refractivity contribution in [3.63, 3.8) is 0 Å². The minimum atomic E-state index is -0.370. The van der Waals surface area contributed by atoms with Crippen LogP contribution in [0.5, 0.6) is 0 Å². The van der Waals surface area contributed by atoms with Gasteiger partial charge < -0.3 is 19.4 Å². The van der Waals surface area contributed by atoms with Gasteiger partial charge in [0.15, 0.2) is 5.17 Å². The molecule has 4 aliphatic heterocycles. The van der Waals surface area contributed by atoms with Gasteiger partial charge in [0.2, 0.25) is 5.91 Å². The number of carbonyl (C=O) groups is 2. The Balaban J connectivity index is 1.33. The number of likely N-dealkylation sites (tertiary alicyclic amines) is 2. The van der Waals surface area contributed by atoms with Gasteiger partial charge in [0.05, 0.1) is 30.8 Å². The number of carbonyl (C=O) groups excluding carboxylic acids is 2. The van der Waals surface area contributed by atoms with Gasteiger partial charge in [-0.3, -0.25) is 4.79 Å². The van der Waals surface area contributed by atoms with Crippen LogP contribution in [-0.4, -0.2) is 71.1 Å². The summed E-state index contributed by atoms with van der Waals surface area (Å²) in [6, 6.07) is 10.2. The van der Waals surface area contributed by atoms with E-state index in [2.05, 4.69) is 9.80 Å². The van der Waals surface area contributed by atoms with Crippen LogP contribution in [0.15, 0.2) is 57.7 Å². The highest BCUT2D eigenvalue weighted by molar-refractivity contribution is 8.16. The monoisotopic (exact) mass is 508 g/mol. The van der Waals surface area contributed by atoms with Gasteiger partial charge >= 0.3 is 5.97 Å². The molecule has 192 valence electrons. The lowest BCUT2D eigenvalue weighted by molar-refractivity contribution is -0.136. The first-order valence-corrected chi connectivity index (χ1v) is 14.1. The molecule has 0 bridgehead atoms. The molecule has 2 fully saturated rings. The van der Waals surface area contributed by atoms with Crippen LogP contribution in [0.3, 0.4) is 0 Å². The van der Waals surface area contributed by atoms with E-state index in [9.17, 15) is 9.59 Å². The molecule has 1 aromatic carbocycles. The van der Waals surface area contributed by atoms with Crippen molar-refractivity contribution in [1.82, 2.24) is 14.7 Å². The molecule has 0 N–H and O–H groups in total. The summed E-state index contributed by atoms with van der Waals surface area (Å²) >= 11 is 1.53. The third-order valence-corrected chi connectivity index (χ3v) is 8.69. The Bertz CT molecular complexity index is 1070. The molecule has 0 spiro atoms. The standard InChI is InChI=1S/C28H36N4O3S/c1-3-23-25(27(34)35-2)26(20-10-6-4-7-11-20)32-22(19-36-28(32)29-23)18-24(33)31-16-12-21(13-17-31)30-14-8-5-9-15-30/h4,6-7,10-11,19,21,26H,3,5,8-9,12-18H2,1-2H3/t26-/m0/s1. The van der Waals surface area contributed by atoms with Gasteiger partial charge in [-0.05, 0) is 56.2 Å². The number of hydrogen-bond donors (Lipinski definition) is 0. The highest BCUT2D eigenvalue weighted by Crippen LogP contribution is 2.45. The predicted molar refractivity (Wildman–Crippen MR) is 143 cm³/mol. The largest absolute Gasteiger partial charge is 0.466 e. The average molecular weight is 509 g/mol. The zero-order chi connectivity index (χ0) is 25.1. The molecule has 7 nitrogen and oxygen atoms in total. The maximum absolute atomic E-state index is 13.4. The Morgan fingerprint density at radius 3 is 2.44 bits per heavy atom. The number of thioether (sulfide) groups is 1. The topological polar surface area (TPSA) is 65.5 Å². The number of nitrogens with zero attached hydrogens (tertiary/aromatic N) is 4. The number of methoxy groups -OCH3 is 1. The van der Waals surface area contributed by atoms with Crippen LogP contribution in [0, 0.1) is 0 Å². The summed E-state index contributed by atoms with van der Waals surface area (Å²) < 4.78 is 5.20. The van der Waals surface area contributed by atoms with Crippen molar-refractivity contribution in [1.29, 1.82) is 0 Å². The fraction of sp³-hybridized carbons (Fsp3) is 0.536. The van der Waals surface area contributed by atoms with E-state index in [-0.39, 0.29) is 17.9 Å². The fourth-order valence-corrected chi connectivity index (χ4v) is 6.83. The molecule has 2 saturated heterocycles. The summed E-state index contributed by atoms with van der Waals surface area (Å²) in [5, 5.41) is 2.85. The molecule has 0 saturated carbocycles.